The Hall–Kier alpha value is -3.33. The highest BCUT2D eigenvalue weighted by Crippen LogP contribution is 2.27. The Morgan fingerprint density at radius 3 is 2.47 bits per heavy atom. The van der Waals surface area contributed by atoms with Crippen molar-refractivity contribution in [2.45, 2.75) is 19.7 Å². The molecule has 0 spiro atoms. The fourth-order valence-electron chi connectivity index (χ4n) is 2.68. The van der Waals surface area contributed by atoms with Gasteiger partial charge in [-0.1, -0.05) is 6.92 Å². The van der Waals surface area contributed by atoms with Gasteiger partial charge in [0.2, 0.25) is 0 Å². The number of aliphatic hydroxyl groups excluding tert-OH is 1. The van der Waals surface area contributed by atoms with Gasteiger partial charge in [0.05, 0.1) is 5.69 Å². The summed E-state index contributed by atoms with van der Waals surface area (Å²) in [6.07, 6.45) is -1.56. The second kappa shape index (κ2) is 9.00. The van der Waals surface area contributed by atoms with Crippen LogP contribution in [0.5, 0.6) is 5.75 Å². The number of aromatic nitrogens is 3. The first-order chi connectivity index (χ1) is 14.2. The summed E-state index contributed by atoms with van der Waals surface area (Å²) in [6.45, 7) is 1.60. The summed E-state index contributed by atoms with van der Waals surface area (Å²) < 4.78 is 41.0. The van der Waals surface area contributed by atoms with Crippen LogP contribution in [0.1, 0.15) is 23.8 Å². The maximum Gasteiger partial charge on any atom is 0.573 e. The highest BCUT2D eigenvalue weighted by atomic mass is 19.4. The summed E-state index contributed by atoms with van der Waals surface area (Å²) in [5.74, 6) is -0.615. The number of carbonyl (C=O) groups is 1. The van der Waals surface area contributed by atoms with E-state index >= 15 is 0 Å². The van der Waals surface area contributed by atoms with E-state index in [0.29, 0.717) is 16.8 Å². The van der Waals surface area contributed by atoms with Crippen molar-refractivity contribution in [2.75, 3.05) is 6.61 Å². The van der Waals surface area contributed by atoms with Crippen LogP contribution in [-0.4, -0.2) is 38.8 Å². The van der Waals surface area contributed by atoms with Crippen molar-refractivity contribution in [3.8, 4) is 28.4 Å². The smallest absolute Gasteiger partial charge is 0.406 e. The highest BCUT2D eigenvalue weighted by molar-refractivity contribution is 5.95. The third kappa shape index (κ3) is 5.60. The molecular weight excluding hydrogens is 399 g/mol. The first kappa shape index (κ1) is 21.4. The van der Waals surface area contributed by atoms with E-state index < -0.39 is 6.36 Å². The molecule has 9 heteroatoms. The lowest BCUT2D eigenvalue weighted by molar-refractivity contribution is -0.274. The minimum absolute atomic E-state index is 0.0950. The Morgan fingerprint density at radius 1 is 1.13 bits per heavy atom. The highest BCUT2D eigenvalue weighted by Gasteiger charge is 2.31. The van der Waals surface area contributed by atoms with Crippen molar-refractivity contribution < 1.29 is 27.8 Å². The van der Waals surface area contributed by atoms with Gasteiger partial charge < -0.3 is 9.84 Å². The predicted octanol–water partition coefficient (Wildman–Crippen LogP) is 4.31. The summed E-state index contributed by atoms with van der Waals surface area (Å²) in [5.41, 5.74) is 1.58. The van der Waals surface area contributed by atoms with Gasteiger partial charge in [-0.15, -0.1) is 13.2 Å². The number of hydrogen-bond acceptors (Lipinski definition) is 6. The summed E-state index contributed by atoms with van der Waals surface area (Å²) >= 11 is 0. The average Bonchev–Trinajstić information content (AvgIpc) is 2.73. The van der Waals surface area contributed by atoms with Crippen LogP contribution in [0.3, 0.4) is 0 Å². The number of alkyl halides is 3. The Morgan fingerprint density at radius 2 is 1.87 bits per heavy atom. The standard InChI is InChI=1S/C21H18F3N3O3/c1-13(12-28)9-19(29)18-10-17(26-20(27-18)15-3-2-8-25-11-15)14-4-6-16(7-5-14)30-21(22,23)24/h2-8,10-11,13,28H,9,12H2,1H3/t13-/m1/s1. The minimum atomic E-state index is -4.78. The number of aliphatic hydroxyl groups is 1. The maximum atomic E-state index is 12.6. The first-order valence-corrected chi connectivity index (χ1v) is 9.05. The zero-order valence-corrected chi connectivity index (χ0v) is 15.9. The van der Waals surface area contributed by atoms with Crippen molar-refractivity contribution in [3.63, 3.8) is 0 Å². The number of carbonyl (C=O) groups excluding carboxylic acids is 1. The molecule has 0 aliphatic heterocycles. The van der Waals surface area contributed by atoms with Crippen molar-refractivity contribution >= 4 is 5.78 Å². The van der Waals surface area contributed by atoms with Gasteiger partial charge in [-0.2, -0.15) is 0 Å². The van der Waals surface area contributed by atoms with Crippen LogP contribution in [0.4, 0.5) is 13.2 Å². The second-order valence-corrected chi connectivity index (χ2v) is 6.69. The van der Waals surface area contributed by atoms with Crippen LogP contribution in [0, 0.1) is 5.92 Å². The van der Waals surface area contributed by atoms with Crippen molar-refractivity contribution in [1.82, 2.24) is 15.0 Å². The van der Waals surface area contributed by atoms with E-state index in [-0.39, 0.29) is 42.0 Å². The molecule has 0 bridgehead atoms. The summed E-state index contributed by atoms with van der Waals surface area (Å²) in [6, 6.07) is 10.1. The van der Waals surface area contributed by atoms with Gasteiger partial charge in [0.1, 0.15) is 11.4 Å². The molecule has 2 heterocycles. The quantitative estimate of drug-likeness (QED) is 0.577. The van der Waals surface area contributed by atoms with Gasteiger partial charge >= 0.3 is 6.36 Å². The molecule has 2 aromatic heterocycles. The van der Waals surface area contributed by atoms with Crippen LogP contribution < -0.4 is 4.74 Å². The molecule has 156 valence electrons. The number of halogens is 3. The van der Waals surface area contributed by atoms with E-state index in [4.69, 9.17) is 0 Å². The van der Waals surface area contributed by atoms with Crippen LogP contribution in [0.25, 0.3) is 22.6 Å². The monoisotopic (exact) mass is 417 g/mol. The maximum absolute atomic E-state index is 12.6. The number of ketones is 1. The van der Waals surface area contributed by atoms with E-state index in [1.54, 1.807) is 31.5 Å². The molecule has 0 saturated heterocycles. The Labute approximate surface area is 170 Å². The third-order valence-electron chi connectivity index (χ3n) is 4.16. The van der Waals surface area contributed by atoms with E-state index in [0.717, 1.165) is 0 Å². The molecule has 0 aliphatic rings. The predicted molar refractivity (Wildman–Crippen MR) is 103 cm³/mol. The molecule has 0 radical (unpaired) electrons. The van der Waals surface area contributed by atoms with Gasteiger partial charge in [-0.3, -0.25) is 9.78 Å². The molecule has 0 aliphatic carbocycles. The van der Waals surface area contributed by atoms with Gasteiger partial charge in [0, 0.05) is 36.5 Å². The van der Waals surface area contributed by atoms with Crippen molar-refractivity contribution in [2.24, 2.45) is 5.92 Å². The van der Waals surface area contributed by atoms with Crippen LogP contribution in [0.2, 0.25) is 0 Å². The number of hydrogen-bond donors (Lipinski definition) is 1. The van der Waals surface area contributed by atoms with E-state index in [9.17, 15) is 23.1 Å². The molecular formula is C21H18F3N3O3. The van der Waals surface area contributed by atoms with Crippen LogP contribution in [-0.2, 0) is 0 Å². The lowest BCUT2D eigenvalue weighted by Crippen LogP contribution is -2.16. The van der Waals surface area contributed by atoms with Crippen LogP contribution in [0.15, 0.2) is 54.9 Å². The molecule has 30 heavy (non-hydrogen) atoms. The van der Waals surface area contributed by atoms with Gasteiger partial charge in [-0.05, 0) is 48.4 Å². The lowest BCUT2D eigenvalue weighted by atomic mass is 10.0. The molecule has 0 saturated carbocycles. The fraction of sp³-hybridized carbons (Fsp3) is 0.238. The molecule has 3 rings (SSSR count). The molecule has 1 N–H and O–H groups in total. The van der Waals surface area contributed by atoms with Gasteiger partial charge in [0.25, 0.3) is 0 Å². The fourth-order valence-corrected chi connectivity index (χ4v) is 2.68. The number of pyridine rings is 1. The largest absolute Gasteiger partial charge is 0.573 e. The Bertz CT molecular complexity index is 1010. The minimum Gasteiger partial charge on any atom is -0.406 e. The SMILES string of the molecule is C[C@@H](CO)CC(=O)c1cc(-c2ccc(OC(F)(F)F)cc2)nc(-c2cccnc2)n1. The van der Waals surface area contributed by atoms with E-state index in [1.165, 1.54) is 30.3 Å². The van der Waals surface area contributed by atoms with E-state index in [2.05, 4.69) is 19.7 Å². The second-order valence-electron chi connectivity index (χ2n) is 6.69. The molecule has 1 atom stereocenters. The number of rotatable bonds is 7. The molecule has 1 aromatic carbocycles. The van der Waals surface area contributed by atoms with Gasteiger partial charge in [0.15, 0.2) is 11.6 Å². The van der Waals surface area contributed by atoms with Crippen molar-refractivity contribution in [3.05, 3.63) is 60.6 Å². The average molecular weight is 417 g/mol. The Kier molecular flexibility index (Phi) is 6.41. The summed E-state index contributed by atoms with van der Waals surface area (Å²) in [5, 5.41) is 9.22. The number of Topliss-reactive ketones (excluding diaryl/α,β-unsaturated/α-hetero) is 1. The van der Waals surface area contributed by atoms with Crippen molar-refractivity contribution in [1.29, 1.82) is 0 Å². The van der Waals surface area contributed by atoms with Gasteiger partial charge in [-0.25, -0.2) is 9.97 Å². The zero-order valence-electron chi connectivity index (χ0n) is 15.9. The van der Waals surface area contributed by atoms with Crippen LogP contribution >= 0.6 is 0 Å². The number of nitrogens with zero attached hydrogens (tertiary/aromatic N) is 3. The Balaban J connectivity index is 2.00. The topological polar surface area (TPSA) is 85.2 Å². The molecule has 3 aromatic rings. The molecule has 6 nitrogen and oxygen atoms in total. The third-order valence-corrected chi connectivity index (χ3v) is 4.16. The molecule has 0 fully saturated rings. The van der Waals surface area contributed by atoms with E-state index in [1.807, 2.05) is 0 Å². The number of benzene rings is 1. The molecule has 0 unspecified atom stereocenters. The lowest BCUT2D eigenvalue weighted by Gasteiger charge is -2.11. The normalized spacial score (nSPS) is 12.4. The summed E-state index contributed by atoms with van der Waals surface area (Å²) in [7, 11) is 0. The molecule has 0 amide bonds. The zero-order chi connectivity index (χ0) is 21.7. The number of ether oxygens (including phenoxy) is 1. The summed E-state index contributed by atoms with van der Waals surface area (Å²) in [4.78, 5) is 25.4. The first-order valence-electron chi connectivity index (χ1n) is 9.05.